The van der Waals surface area contributed by atoms with Crippen LogP contribution in [0.1, 0.15) is 25.3 Å². The zero-order valence-corrected chi connectivity index (χ0v) is 11.4. The fraction of sp³-hybridized carbons (Fsp3) is 0.286. The number of rotatable bonds is 3. The Morgan fingerprint density at radius 3 is 2.37 bits per heavy atom. The second-order valence-electron chi connectivity index (χ2n) is 3.97. The van der Waals surface area contributed by atoms with Crippen molar-refractivity contribution in [2.75, 3.05) is 0 Å². The molecule has 0 spiro atoms. The van der Waals surface area contributed by atoms with Gasteiger partial charge in [0, 0.05) is 4.70 Å². The van der Waals surface area contributed by atoms with Crippen molar-refractivity contribution in [1.82, 2.24) is 0 Å². The lowest BCUT2D eigenvalue weighted by atomic mass is 10.1. The lowest BCUT2D eigenvalue weighted by Crippen LogP contribution is -2.09. The molecule has 1 aromatic carbocycles. The van der Waals surface area contributed by atoms with Crippen LogP contribution in [0, 0.1) is 0 Å². The first-order valence-corrected chi connectivity index (χ1v) is 6.85. The quantitative estimate of drug-likeness (QED) is 0.845. The fourth-order valence-corrected chi connectivity index (χ4v) is 2.59. The molecule has 102 valence electrons. The molecule has 0 aliphatic carbocycles. The number of fused-ring (bicyclic) bond motifs is 1. The van der Waals surface area contributed by atoms with Crippen LogP contribution in [0.5, 0.6) is 0 Å². The lowest BCUT2D eigenvalue weighted by Gasteiger charge is -1.96. The van der Waals surface area contributed by atoms with Gasteiger partial charge in [-0.1, -0.05) is 31.5 Å². The Morgan fingerprint density at radius 2 is 1.79 bits per heavy atom. The second-order valence-corrected chi connectivity index (χ2v) is 4.88. The highest BCUT2D eigenvalue weighted by Crippen LogP contribution is 2.26. The molecule has 0 aliphatic heterocycles. The first-order chi connectivity index (χ1) is 9.06. The van der Waals surface area contributed by atoms with E-state index >= 15 is 0 Å². The topological polar surface area (TPSA) is 74.6 Å². The van der Waals surface area contributed by atoms with E-state index in [4.69, 9.17) is 19.8 Å². The van der Waals surface area contributed by atoms with Crippen LogP contribution in [0.4, 0.5) is 0 Å². The van der Waals surface area contributed by atoms with Gasteiger partial charge in [0.15, 0.2) is 0 Å². The molecule has 0 saturated carbocycles. The minimum Gasteiger partial charge on any atom is -0.473 e. The van der Waals surface area contributed by atoms with E-state index in [0.717, 1.165) is 0 Å². The van der Waals surface area contributed by atoms with E-state index in [1.807, 2.05) is 11.3 Å². The van der Waals surface area contributed by atoms with Gasteiger partial charge in [0.1, 0.15) is 0 Å². The average molecular weight is 280 g/mol. The minimum absolute atomic E-state index is 1.24. The van der Waals surface area contributed by atoms with Gasteiger partial charge < -0.3 is 10.2 Å². The van der Waals surface area contributed by atoms with Crippen molar-refractivity contribution in [3.8, 4) is 0 Å². The number of carboxylic acid groups (broad SMARTS) is 2. The lowest BCUT2D eigenvalue weighted by molar-refractivity contribution is -0.159. The second kappa shape index (κ2) is 7.53. The maximum atomic E-state index is 9.10. The van der Waals surface area contributed by atoms with E-state index < -0.39 is 11.9 Å². The van der Waals surface area contributed by atoms with E-state index in [2.05, 4.69) is 36.6 Å². The third-order valence-corrected chi connectivity index (χ3v) is 3.56. The summed E-state index contributed by atoms with van der Waals surface area (Å²) in [7, 11) is 0. The molecular formula is C14H16O4S. The Balaban J connectivity index is 0.000000258. The predicted octanol–water partition coefficient (Wildman–Crippen LogP) is 3.40. The molecule has 1 heterocycles. The van der Waals surface area contributed by atoms with Gasteiger partial charge in [0.2, 0.25) is 0 Å². The normalized spacial score (nSPS) is 9.74. The van der Waals surface area contributed by atoms with E-state index in [1.54, 1.807) is 0 Å². The molecule has 5 heteroatoms. The predicted molar refractivity (Wildman–Crippen MR) is 75.7 cm³/mol. The zero-order valence-electron chi connectivity index (χ0n) is 10.6. The Bertz CT molecular complexity index is 547. The van der Waals surface area contributed by atoms with E-state index in [0.29, 0.717) is 0 Å². The third kappa shape index (κ3) is 4.71. The monoisotopic (exact) mass is 280 g/mol. The van der Waals surface area contributed by atoms with Crippen LogP contribution in [0.2, 0.25) is 0 Å². The molecule has 2 N–H and O–H groups in total. The van der Waals surface area contributed by atoms with Gasteiger partial charge in [-0.2, -0.15) is 0 Å². The third-order valence-electron chi connectivity index (χ3n) is 2.54. The summed E-state index contributed by atoms with van der Waals surface area (Å²) >= 11 is 1.86. The first kappa shape index (κ1) is 15.2. The molecule has 2 rings (SSSR count). The molecule has 4 nitrogen and oxygen atoms in total. The Hall–Kier alpha value is -1.88. The summed E-state index contributed by atoms with van der Waals surface area (Å²) in [5, 5.41) is 18.5. The molecule has 0 aliphatic rings. The molecule has 0 fully saturated rings. The summed E-state index contributed by atoms with van der Waals surface area (Å²) in [5.41, 5.74) is 1.53. The number of carboxylic acids is 2. The zero-order chi connectivity index (χ0) is 14.3. The summed E-state index contributed by atoms with van der Waals surface area (Å²) in [6.07, 6.45) is 3.82. The molecule has 0 saturated heterocycles. The molecule has 0 radical (unpaired) electrons. The Kier molecular flexibility index (Phi) is 6.02. The molecule has 2 aromatic rings. The number of benzene rings is 1. The largest absolute Gasteiger partial charge is 0.473 e. The SMILES string of the molecule is CCCCc1csc2ccccc12.O=C(O)C(=O)O. The van der Waals surface area contributed by atoms with Crippen LogP contribution in [0.25, 0.3) is 10.1 Å². The number of hydrogen-bond acceptors (Lipinski definition) is 3. The summed E-state index contributed by atoms with van der Waals surface area (Å²) in [6.45, 7) is 2.24. The van der Waals surface area contributed by atoms with Crippen LogP contribution in [0.15, 0.2) is 29.6 Å². The number of hydrogen-bond donors (Lipinski definition) is 2. The Labute approximate surface area is 115 Å². The van der Waals surface area contributed by atoms with Gasteiger partial charge in [-0.25, -0.2) is 9.59 Å². The van der Waals surface area contributed by atoms with E-state index in [1.165, 1.54) is 34.9 Å². The minimum atomic E-state index is -1.82. The Morgan fingerprint density at radius 1 is 1.16 bits per heavy atom. The van der Waals surface area contributed by atoms with Crippen molar-refractivity contribution in [2.45, 2.75) is 26.2 Å². The summed E-state index contributed by atoms with van der Waals surface area (Å²) < 4.78 is 1.42. The molecule has 0 unspecified atom stereocenters. The molecule has 0 bridgehead atoms. The molecule has 0 amide bonds. The number of unbranched alkanes of at least 4 members (excludes halogenated alkanes) is 1. The fourth-order valence-electron chi connectivity index (χ4n) is 1.59. The highest BCUT2D eigenvalue weighted by Gasteiger charge is 2.04. The van der Waals surface area contributed by atoms with Crippen LogP contribution in [-0.4, -0.2) is 22.2 Å². The molecule has 0 atom stereocenters. The smallest absolute Gasteiger partial charge is 0.414 e. The van der Waals surface area contributed by atoms with Crippen molar-refractivity contribution in [3.63, 3.8) is 0 Å². The number of carbonyl (C=O) groups is 2. The van der Waals surface area contributed by atoms with Gasteiger partial charge in [0.25, 0.3) is 0 Å². The van der Waals surface area contributed by atoms with Crippen LogP contribution in [-0.2, 0) is 16.0 Å². The van der Waals surface area contributed by atoms with Gasteiger partial charge in [-0.3, -0.25) is 0 Å². The van der Waals surface area contributed by atoms with Gasteiger partial charge in [-0.15, -0.1) is 11.3 Å². The van der Waals surface area contributed by atoms with Gasteiger partial charge >= 0.3 is 11.9 Å². The maximum Gasteiger partial charge on any atom is 0.414 e. The van der Waals surface area contributed by atoms with E-state index in [-0.39, 0.29) is 0 Å². The maximum absolute atomic E-state index is 9.10. The molecular weight excluding hydrogens is 264 g/mol. The van der Waals surface area contributed by atoms with E-state index in [9.17, 15) is 0 Å². The summed E-state index contributed by atoms with van der Waals surface area (Å²) in [4.78, 5) is 18.2. The number of aryl methyl sites for hydroxylation is 1. The van der Waals surface area contributed by atoms with Crippen molar-refractivity contribution < 1.29 is 19.8 Å². The van der Waals surface area contributed by atoms with Crippen LogP contribution < -0.4 is 0 Å². The highest BCUT2D eigenvalue weighted by atomic mass is 32.1. The summed E-state index contributed by atoms with van der Waals surface area (Å²) in [6, 6.07) is 8.68. The first-order valence-electron chi connectivity index (χ1n) is 5.97. The van der Waals surface area contributed by atoms with Crippen LogP contribution >= 0.6 is 11.3 Å². The highest BCUT2D eigenvalue weighted by molar-refractivity contribution is 7.17. The standard InChI is InChI=1S/C12H14S.C2H2O4/c1-2-3-6-10-9-13-12-8-5-4-7-11(10)12;3-1(4)2(5)6/h4-5,7-9H,2-3,6H2,1H3;(H,3,4)(H,5,6). The van der Waals surface area contributed by atoms with Crippen molar-refractivity contribution in [3.05, 3.63) is 35.2 Å². The van der Waals surface area contributed by atoms with Gasteiger partial charge in [0.05, 0.1) is 0 Å². The molecule has 19 heavy (non-hydrogen) atoms. The summed E-state index contributed by atoms with van der Waals surface area (Å²) in [5.74, 6) is -3.65. The number of aliphatic carboxylic acids is 2. The van der Waals surface area contributed by atoms with Crippen molar-refractivity contribution >= 4 is 33.4 Å². The van der Waals surface area contributed by atoms with Crippen LogP contribution in [0.3, 0.4) is 0 Å². The average Bonchev–Trinajstić information content (AvgIpc) is 2.80. The van der Waals surface area contributed by atoms with Gasteiger partial charge in [-0.05, 0) is 35.2 Å². The number of thiophene rings is 1. The van der Waals surface area contributed by atoms with Crippen molar-refractivity contribution in [1.29, 1.82) is 0 Å². The molecule has 1 aromatic heterocycles. The van der Waals surface area contributed by atoms with Crippen molar-refractivity contribution in [2.24, 2.45) is 0 Å².